The number of hydrogen-bond donors (Lipinski definition) is 3. The maximum Gasteiger partial charge on any atom is 0.347 e. The monoisotopic (exact) mass is 303 g/mol. The van der Waals surface area contributed by atoms with Crippen LogP contribution in [0.3, 0.4) is 0 Å². The van der Waals surface area contributed by atoms with Gasteiger partial charge < -0.3 is 5.11 Å². The summed E-state index contributed by atoms with van der Waals surface area (Å²) in [5, 5.41) is 23.1. The normalized spacial score (nSPS) is 13.3. The predicted molar refractivity (Wildman–Crippen MR) is 64.2 cm³/mol. The molecule has 2 rings (SSSR count). The fraction of sp³-hybridized carbons (Fsp3) is 0.250. The molecular weight excluding hydrogens is 294 g/mol. The second-order valence-electron chi connectivity index (χ2n) is 3.53. The summed E-state index contributed by atoms with van der Waals surface area (Å²) in [4.78, 5) is 10.4. The van der Waals surface area contributed by atoms with Crippen LogP contribution >= 0.6 is 11.3 Å². The van der Waals surface area contributed by atoms with Crippen LogP contribution in [0.25, 0.3) is 0 Å². The molecule has 0 fully saturated rings. The Labute approximate surface area is 111 Å². The van der Waals surface area contributed by atoms with Crippen molar-refractivity contribution < 1.29 is 18.3 Å². The standard InChI is InChI=1S/C8H9N5O4S2/c1-4(7-9-12-13-10-7)11-19(16,17)5-2-3-18-6(5)8(14)15/h2-4,11H,1H3,(H,14,15)(H,9,10,12,13). The molecule has 2 aromatic rings. The zero-order chi connectivity index (χ0) is 14.0. The number of aromatic carboxylic acids is 1. The Morgan fingerprint density at radius 2 is 2.32 bits per heavy atom. The molecule has 0 aliphatic rings. The molecular formula is C8H9N5O4S2. The van der Waals surface area contributed by atoms with Crippen LogP contribution in [0.1, 0.15) is 28.5 Å². The second-order valence-corrected chi connectivity index (χ2v) is 6.13. The number of sulfonamides is 1. The SMILES string of the molecule is CC(NS(=O)(=O)c1ccsc1C(=O)O)c1nn[nH]n1. The van der Waals surface area contributed by atoms with Crippen LogP contribution in [0.15, 0.2) is 16.3 Å². The molecule has 2 heterocycles. The molecule has 0 aromatic carbocycles. The lowest BCUT2D eigenvalue weighted by Gasteiger charge is -2.10. The lowest BCUT2D eigenvalue weighted by Crippen LogP contribution is -2.28. The van der Waals surface area contributed by atoms with Gasteiger partial charge in [-0.15, -0.1) is 21.5 Å². The highest BCUT2D eigenvalue weighted by atomic mass is 32.2. The fourth-order valence-electron chi connectivity index (χ4n) is 1.37. The van der Waals surface area contributed by atoms with E-state index in [9.17, 15) is 13.2 Å². The minimum Gasteiger partial charge on any atom is -0.477 e. The van der Waals surface area contributed by atoms with Gasteiger partial charge in [0.05, 0.1) is 6.04 Å². The summed E-state index contributed by atoms with van der Waals surface area (Å²) in [7, 11) is -3.96. The maximum atomic E-state index is 12.1. The molecule has 0 radical (unpaired) electrons. The summed E-state index contributed by atoms with van der Waals surface area (Å²) in [5.41, 5.74) is 0. The number of rotatable bonds is 5. The molecule has 0 spiro atoms. The molecule has 0 saturated carbocycles. The Balaban J connectivity index is 2.28. The highest BCUT2D eigenvalue weighted by Gasteiger charge is 2.26. The Morgan fingerprint density at radius 1 is 1.58 bits per heavy atom. The average Bonchev–Trinajstić information content (AvgIpc) is 3.00. The first-order valence-electron chi connectivity index (χ1n) is 4.98. The first kappa shape index (κ1) is 13.6. The molecule has 1 atom stereocenters. The first-order chi connectivity index (χ1) is 8.92. The van der Waals surface area contributed by atoms with Crippen LogP contribution in [0.4, 0.5) is 0 Å². The lowest BCUT2D eigenvalue weighted by atomic mass is 10.4. The highest BCUT2D eigenvalue weighted by molar-refractivity contribution is 7.89. The number of carbonyl (C=O) groups is 1. The number of hydrogen-bond acceptors (Lipinski definition) is 7. The Hall–Kier alpha value is -1.85. The van der Waals surface area contributed by atoms with Crippen molar-refractivity contribution in [2.45, 2.75) is 17.9 Å². The zero-order valence-electron chi connectivity index (χ0n) is 9.56. The molecule has 2 aromatic heterocycles. The van der Waals surface area contributed by atoms with Gasteiger partial charge in [0, 0.05) is 0 Å². The lowest BCUT2D eigenvalue weighted by molar-refractivity contribution is 0.0698. The number of thiophene rings is 1. The summed E-state index contributed by atoms with van der Waals surface area (Å²) in [6.45, 7) is 1.52. The molecule has 3 N–H and O–H groups in total. The molecule has 102 valence electrons. The largest absolute Gasteiger partial charge is 0.477 e. The summed E-state index contributed by atoms with van der Waals surface area (Å²) >= 11 is 0.841. The predicted octanol–water partition coefficient (Wildman–Crippen LogP) is -0.00110. The summed E-state index contributed by atoms with van der Waals surface area (Å²) in [6.07, 6.45) is 0. The van der Waals surface area contributed by atoms with Gasteiger partial charge in [-0.25, -0.2) is 17.9 Å². The first-order valence-corrected chi connectivity index (χ1v) is 7.34. The van der Waals surface area contributed by atoms with Crippen molar-refractivity contribution in [2.24, 2.45) is 0 Å². The van der Waals surface area contributed by atoms with Gasteiger partial charge in [0.25, 0.3) is 0 Å². The summed E-state index contributed by atoms with van der Waals surface area (Å²) in [6, 6.07) is 0.504. The molecule has 0 bridgehead atoms. The number of nitrogens with one attached hydrogen (secondary N) is 2. The van der Waals surface area contributed by atoms with Crippen LogP contribution in [0, 0.1) is 0 Å². The van der Waals surface area contributed by atoms with Crippen LogP contribution in [0.2, 0.25) is 0 Å². The minimum atomic E-state index is -3.96. The van der Waals surface area contributed by atoms with E-state index in [4.69, 9.17) is 5.11 Å². The third kappa shape index (κ3) is 2.77. The van der Waals surface area contributed by atoms with Crippen molar-refractivity contribution in [1.82, 2.24) is 25.3 Å². The van der Waals surface area contributed by atoms with Gasteiger partial charge in [0.1, 0.15) is 9.77 Å². The van der Waals surface area contributed by atoms with Crippen molar-refractivity contribution in [3.8, 4) is 0 Å². The molecule has 0 aliphatic carbocycles. The number of aromatic amines is 1. The van der Waals surface area contributed by atoms with Crippen LogP contribution in [-0.4, -0.2) is 40.1 Å². The quantitative estimate of drug-likeness (QED) is 0.706. The minimum absolute atomic E-state index is 0.163. The maximum absolute atomic E-state index is 12.1. The van der Waals surface area contributed by atoms with Gasteiger partial charge in [0.2, 0.25) is 10.0 Å². The van der Waals surface area contributed by atoms with Gasteiger partial charge >= 0.3 is 5.97 Å². The third-order valence-electron chi connectivity index (χ3n) is 2.19. The van der Waals surface area contributed by atoms with E-state index in [-0.39, 0.29) is 15.6 Å². The van der Waals surface area contributed by atoms with E-state index >= 15 is 0 Å². The van der Waals surface area contributed by atoms with Crippen molar-refractivity contribution in [2.75, 3.05) is 0 Å². The Morgan fingerprint density at radius 3 is 2.89 bits per heavy atom. The van der Waals surface area contributed by atoms with E-state index in [2.05, 4.69) is 25.3 Å². The van der Waals surface area contributed by atoms with E-state index in [1.165, 1.54) is 18.4 Å². The molecule has 11 heteroatoms. The number of H-pyrrole nitrogens is 1. The summed E-state index contributed by atoms with van der Waals surface area (Å²) in [5.74, 6) is -1.13. The van der Waals surface area contributed by atoms with E-state index < -0.39 is 22.0 Å². The van der Waals surface area contributed by atoms with E-state index in [1.54, 1.807) is 0 Å². The molecule has 0 amide bonds. The third-order valence-corrected chi connectivity index (χ3v) is 4.81. The van der Waals surface area contributed by atoms with Crippen molar-refractivity contribution >= 4 is 27.3 Å². The van der Waals surface area contributed by atoms with Gasteiger partial charge in [-0.2, -0.15) is 5.21 Å². The van der Waals surface area contributed by atoms with E-state index in [0.717, 1.165) is 11.3 Å². The number of tetrazole rings is 1. The fourth-order valence-corrected chi connectivity index (χ4v) is 3.83. The molecule has 9 nitrogen and oxygen atoms in total. The van der Waals surface area contributed by atoms with Crippen molar-refractivity contribution in [3.05, 3.63) is 22.1 Å². The molecule has 0 saturated heterocycles. The van der Waals surface area contributed by atoms with Crippen molar-refractivity contribution in [3.63, 3.8) is 0 Å². The molecule has 1 unspecified atom stereocenters. The smallest absolute Gasteiger partial charge is 0.347 e. The van der Waals surface area contributed by atoms with Crippen LogP contribution < -0.4 is 4.72 Å². The highest BCUT2D eigenvalue weighted by Crippen LogP contribution is 2.23. The Kier molecular flexibility index (Phi) is 3.59. The number of nitrogens with zero attached hydrogens (tertiary/aromatic N) is 3. The second kappa shape index (κ2) is 5.03. The van der Waals surface area contributed by atoms with Crippen molar-refractivity contribution in [1.29, 1.82) is 0 Å². The van der Waals surface area contributed by atoms with Gasteiger partial charge in [-0.1, -0.05) is 5.21 Å². The van der Waals surface area contributed by atoms with Gasteiger partial charge in [-0.3, -0.25) is 0 Å². The number of carboxylic acid groups (broad SMARTS) is 1. The van der Waals surface area contributed by atoms with Gasteiger partial charge in [-0.05, 0) is 18.4 Å². The van der Waals surface area contributed by atoms with Crippen LogP contribution in [-0.2, 0) is 10.0 Å². The van der Waals surface area contributed by atoms with E-state index in [1.807, 2.05) is 0 Å². The topological polar surface area (TPSA) is 138 Å². The zero-order valence-corrected chi connectivity index (χ0v) is 11.2. The van der Waals surface area contributed by atoms with Crippen LogP contribution in [0.5, 0.6) is 0 Å². The van der Waals surface area contributed by atoms with E-state index in [0.29, 0.717) is 0 Å². The molecule has 0 aliphatic heterocycles. The number of carboxylic acids is 1. The number of aromatic nitrogens is 4. The average molecular weight is 303 g/mol. The summed E-state index contributed by atoms with van der Waals surface area (Å²) < 4.78 is 26.4. The van der Waals surface area contributed by atoms with Gasteiger partial charge in [0.15, 0.2) is 5.82 Å². The Bertz CT molecular complexity index is 678. The molecule has 19 heavy (non-hydrogen) atoms.